The molecule has 1 amide bonds. The van der Waals surface area contributed by atoms with E-state index in [9.17, 15) is 9.59 Å². The maximum atomic E-state index is 11.7. The highest BCUT2D eigenvalue weighted by molar-refractivity contribution is 6.37. The lowest BCUT2D eigenvalue weighted by atomic mass is 10.2. The number of amides is 1. The molecule has 0 saturated carbocycles. The number of anilines is 1. The van der Waals surface area contributed by atoms with Gasteiger partial charge in [-0.25, -0.2) is 4.79 Å². The van der Waals surface area contributed by atoms with Crippen molar-refractivity contribution in [1.82, 2.24) is 0 Å². The van der Waals surface area contributed by atoms with Crippen LogP contribution in [0.5, 0.6) is 5.75 Å². The van der Waals surface area contributed by atoms with Gasteiger partial charge in [0.15, 0.2) is 0 Å². The van der Waals surface area contributed by atoms with Gasteiger partial charge in [0.1, 0.15) is 11.4 Å². The molecule has 1 rings (SSSR count). The molecule has 0 spiro atoms. The molecule has 5 nitrogen and oxygen atoms in total. The molecule has 19 heavy (non-hydrogen) atoms. The third-order valence-corrected chi connectivity index (χ3v) is 2.19. The monoisotopic (exact) mass is 265 g/mol. The van der Waals surface area contributed by atoms with E-state index in [4.69, 9.17) is 9.47 Å². The Hall–Kier alpha value is -2.04. The molecular weight excluding hydrogens is 246 g/mol. The molecule has 0 radical (unpaired) electrons. The summed E-state index contributed by atoms with van der Waals surface area (Å²) in [5.74, 6) is -1.25. The summed E-state index contributed by atoms with van der Waals surface area (Å²) in [6, 6.07) is 5.29. The largest absolute Gasteiger partial charge is 0.495 e. The van der Waals surface area contributed by atoms with Crippen molar-refractivity contribution in [2.75, 3.05) is 12.4 Å². The van der Waals surface area contributed by atoms with Crippen LogP contribution in [-0.2, 0) is 14.3 Å². The van der Waals surface area contributed by atoms with Crippen LogP contribution in [0.15, 0.2) is 18.2 Å². The third-order valence-electron chi connectivity index (χ3n) is 2.19. The van der Waals surface area contributed by atoms with E-state index in [1.54, 1.807) is 32.9 Å². The lowest BCUT2D eigenvalue weighted by Gasteiger charge is -2.19. The van der Waals surface area contributed by atoms with Gasteiger partial charge >= 0.3 is 11.9 Å². The van der Waals surface area contributed by atoms with Crippen LogP contribution in [0.25, 0.3) is 0 Å². The first-order valence-electron chi connectivity index (χ1n) is 5.92. The first-order valence-corrected chi connectivity index (χ1v) is 5.92. The second-order valence-corrected chi connectivity index (χ2v) is 5.16. The van der Waals surface area contributed by atoms with Crippen LogP contribution in [0.1, 0.15) is 26.3 Å². The van der Waals surface area contributed by atoms with Crippen LogP contribution < -0.4 is 10.1 Å². The molecule has 0 fully saturated rings. The van der Waals surface area contributed by atoms with Crippen LogP contribution in [0, 0.1) is 6.92 Å². The number of rotatable bonds is 2. The van der Waals surface area contributed by atoms with Crippen LogP contribution >= 0.6 is 0 Å². The van der Waals surface area contributed by atoms with Crippen LogP contribution in [0.2, 0.25) is 0 Å². The first-order chi connectivity index (χ1) is 8.73. The van der Waals surface area contributed by atoms with Crippen LogP contribution in [0.4, 0.5) is 5.69 Å². The Bertz CT molecular complexity index is 489. The molecule has 0 atom stereocenters. The number of hydrogen-bond donors (Lipinski definition) is 1. The zero-order valence-corrected chi connectivity index (χ0v) is 11.9. The Morgan fingerprint density at radius 1 is 1.21 bits per heavy atom. The predicted octanol–water partition coefficient (Wildman–Crippen LogP) is 2.28. The van der Waals surface area contributed by atoms with E-state index in [1.807, 2.05) is 13.0 Å². The molecule has 0 saturated heterocycles. The summed E-state index contributed by atoms with van der Waals surface area (Å²) in [6.45, 7) is 6.98. The normalized spacial score (nSPS) is 10.8. The molecule has 104 valence electrons. The number of ether oxygens (including phenoxy) is 2. The Kier molecular flexibility index (Phi) is 4.53. The maximum absolute atomic E-state index is 11.7. The molecule has 1 aromatic carbocycles. The number of nitrogens with one attached hydrogen (secondary N) is 1. The summed E-state index contributed by atoms with van der Waals surface area (Å²) in [5.41, 5.74) is 0.684. The Labute approximate surface area is 112 Å². The van der Waals surface area contributed by atoms with Crippen molar-refractivity contribution >= 4 is 17.6 Å². The lowest BCUT2D eigenvalue weighted by Crippen LogP contribution is -2.32. The van der Waals surface area contributed by atoms with Crippen molar-refractivity contribution in [3.05, 3.63) is 23.8 Å². The van der Waals surface area contributed by atoms with Gasteiger partial charge in [-0.05, 0) is 45.4 Å². The summed E-state index contributed by atoms with van der Waals surface area (Å²) in [7, 11) is 1.49. The molecule has 0 unspecified atom stereocenters. The third kappa shape index (κ3) is 4.62. The molecule has 1 aromatic rings. The van der Waals surface area contributed by atoms with E-state index in [2.05, 4.69) is 5.32 Å². The highest BCUT2D eigenvalue weighted by Crippen LogP contribution is 2.25. The van der Waals surface area contributed by atoms with E-state index in [0.717, 1.165) is 5.56 Å². The number of esters is 1. The van der Waals surface area contributed by atoms with E-state index in [0.29, 0.717) is 11.4 Å². The maximum Gasteiger partial charge on any atom is 0.397 e. The van der Waals surface area contributed by atoms with Crippen LogP contribution in [-0.4, -0.2) is 24.6 Å². The topological polar surface area (TPSA) is 64.6 Å². The number of benzene rings is 1. The second-order valence-electron chi connectivity index (χ2n) is 5.16. The Morgan fingerprint density at radius 2 is 1.84 bits per heavy atom. The van der Waals surface area contributed by atoms with E-state index in [1.165, 1.54) is 7.11 Å². The minimum atomic E-state index is -0.920. The van der Waals surface area contributed by atoms with Gasteiger partial charge in [-0.2, -0.15) is 0 Å². The van der Waals surface area contributed by atoms with Gasteiger partial charge in [0.25, 0.3) is 0 Å². The van der Waals surface area contributed by atoms with Crippen molar-refractivity contribution in [1.29, 1.82) is 0 Å². The second kappa shape index (κ2) is 5.73. The lowest BCUT2D eigenvalue weighted by molar-refractivity contribution is -0.161. The van der Waals surface area contributed by atoms with Gasteiger partial charge in [0.05, 0.1) is 12.8 Å². The highest BCUT2D eigenvalue weighted by Gasteiger charge is 2.23. The number of hydrogen-bond acceptors (Lipinski definition) is 4. The Balaban J connectivity index is 2.82. The number of carbonyl (C=O) groups is 2. The average molecular weight is 265 g/mol. The minimum absolute atomic E-state index is 0.443. The fourth-order valence-electron chi connectivity index (χ4n) is 1.42. The zero-order valence-electron chi connectivity index (χ0n) is 11.9. The molecule has 0 aliphatic heterocycles. The summed E-state index contributed by atoms with van der Waals surface area (Å²) >= 11 is 0. The highest BCUT2D eigenvalue weighted by atomic mass is 16.6. The molecule has 0 bridgehead atoms. The average Bonchev–Trinajstić information content (AvgIpc) is 2.27. The van der Waals surface area contributed by atoms with Crippen molar-refractivity contribution in [3.63, 3.8) is 0 Å². The van der Waals surface area contributed by atoms with Gasteiger partial charge in [-0.15, -0.1) is 0 Å². The number of carbonyl (C=O) groups excluding carboxylic acids is 2. The molecule has 1 N–H and O–H groups in total. The van der Waals surface area contributed by atoms with E-state index < -0.39 is 17.5 Å². The molecule has 0 aromatic heterocycles. The predicted molar refractivity (Wildman–Crippen MR) is 72.2 cm³/mol. The Morgan fingerprint density at radius 3 is 2.37 bits per heavy atom. The van der Waals surface area contributed by atoms with Gasteiger partial charge in [0.2, 0.25) is 0 Å². The van der Waals surface area contributed by atoms with Crippen molar-refractivity contribution < 1.29 is 19.1 Å². The molecule has 5 heteroatoms. The summed E-state index contributed by atoms with van der Waals surface area (Å²) in [5, 5.41) is 2.49. The SMILES string of the molecule is COc1ccc(C)cc1NC(=O)C(=O)OC(C)(C)C. The molecule has 0 aliphatic rings. The summed E-state index contributed by atoms with van der Waals surface area (Å²) < 4.78 is 10.1. The van der Waals surface area contributed by atoms with E-state index >= 15 is 0 Å². The zero-order chi connectivity index (χ0) is 14.6. The fourth-order valence-corrected chi connectivity index (χ4v) is 1.42. The fraction of sp³-hybridized carbons (Fsp3) is 0.429. The van der Waals surface area contributed by atoms with Gasteiger partial charge in [0, 0.05) is 0 Å². The van der Waals surface area contributed by atoms with Gasteiger partial charge < -0.3 is 14.8 Å². The minimum Gasteiger partial charge on any atom is -0.495 e. The molecule has 0 aliphatic carbocycles. The summed E-state index contributed by atoms with van der Waals surface area (Å²) in [4.78, 5) is 23.3. The number of methoxy groups -OCH3 is 1. The van der Waals surface area contributed by atoms with Crippen LogP contribution in [0.3, 0.4) is 0 Å². The van der Waals surface area contributed by atoms with Gasteiger partial charge in [-0.1, -0.05) is 6.07 Å². The van der Waals surface area contributed by atoms with Crippen molar-refractivity contribution in [3.8, 4) is 5.75 Å². The summed E-state index contributed by atoms with van der Waals surface area (Å²) in [6.07, 6.45) is 0. The van der Waals surface area contributed by atoms with Gasteiger partial charge in [-0.3, -0.25) is 4.79 Å². The van der Waals surface area contributed by atoms with Crippen molar-refractivity contribution in [2.45, 2.75) is 33.3 Å². The smallest absolute Gasteiger partial charge is 0.397 e. The van der Waals surface area contributed by atoms with E-state index in [-0.39, 0.29) is 0 Å². The quantitative estimate of drug-likeness (QED) is 0.658. The molecular formula is C14H19NO4. The first kappa shape index (κ1) is 15.0. The standard InChI is InChI=1S/C14H19NO4/c1-9-6-7-11(18-5)10(8-9)15-12(16)13(17)19-14(2,3)4/h6-8H,1-5H3,(H,15,16). The van der Waals surface area contributed by atoms with Crippen molar-refractivity contribution in [2.24, 2.45) is 0 Å². The number of aryl methyl sites for hydroxylation is 1. The molecule has 0 heterocycles.